The van der Waals surface area contributed by atoms with Gasteiger partial charge < -0.3 is 15.3 Å². The highest BCUT2D eigenvalue weighted by atomic mass is 16.4. The number of carbonyl (C=O) groups is 2. The average Bonchev–Trinajstić information content (AvgIpc) is 2.56. The number of carbonyl (C=O) groups excluding carboxylic acids is 1. The summed E-state index contributed by atoms with van der Waals surface area (Å²) in [7, 11) is 0. The lowest BCUT2D eigenvalue weighted by Crippen LogP contribution is -2.43. The van der Waals surface area contributed by atoms with Gasteiger partial charge >= 0.3 is 12.0 Å². The van der Waals surface area contributed by atoms with Crippen LogP contribution in [0.25, 0.3) is 0 Å². The number of likely N-dealkylation sites (tertiary alicyclic amines) is 1. The molecule has 1 rings (SSSR count). The van der Waals surface area contributed by atoms with Gasteiger partial charge in [-0.15, -0.1) is 6.58 Å². The third kappa shape index (κ3) is 2.49. The van der Waals surface area contributed by atoms with E-state index in [4.69, 9.17) is 5.11 Å². The summed E-state index contributed by atoms with van der Waals surface area (Å²) in [6, 6.07) is -0.460. The highest BCUT2D eigenvalue weighted by Gasteiger charge is 2.37. The van der Waals surface area contributed by atoms with Crippen LogP contribution in [0.3, 0.4) is 0 Å². The number of hydrogen-bond acceptors (Lipinski definition) is 2. The van der Waals surface area contributed by atoms with E-state index in [1.165, 1.54) is 0 Å². The standard InChI is InChI=1S/C10H16N2O3/c1-3-5-11-10(15)12-6-4-8(7(12)2)9(13)14/h3,7-8H,1,4-6H2,2H3,(H,11,15)(H,13,14). The van der Waals surface area contributed by atoms with Gasteiger partial charge in [-0.25, -0.2) is 4.79 Å². The fourth-order valence-corrected chi connectivity index (χ4v) is 1.82. The summed E-state index contributed by atoms with van der Waals surface area (Å²) in [5.74, 6) is -1.28. The molecule has 84 valence electrons. The van der Waals surface area contributed by atoms with Gasteiger partial charge in [0, 0.05) is 19.1 Å². The summed E-state index contributed by atoms with van der Waals surface area (Å²) < 4.78 is 0. The second kappa shape index (κ2) is 4.82. The monoisotopic (exact) mass is 212 g/mol. The molecular formula is C10H16N2O3. The van der Waals surface area contributed by atoms with E-state index in [2.05, 4.69) is 11.9 Å². The van der Waals surface area contributed by atoms with Crippen LogP contribution >= 0.6 is 0 Å². The van der Waals surface area contributed by atoms with Gasteiger partial charge in [0.05, 0.1) is 5.92 Å². The molecule has 1 saturated heterocycles. The van der Waals surface area contributed by atoms with Gasteiger partial charge in [0.15, 0.2) is 0 Å². The van der Waals surface area contributed by atoms with E-state index in [-0.39, 0.29) is 12.1 Å². The van der Waals surface area contributed by atoms with Gasteiger partial charge in [0.1, 0.15) is 0 Å². The summed E-state index contributed by atoms with van der Waals surface area (Å²) in [5.41, 5.74) is 0. The fourth-order valence-electron chi connectivity index (χ4n) is 1.82. The largest absolute Gasteiger partial charge is 0.481 e. The van der Waals surface area contributed by atoms with Crippen molar-refractivity contribution in [2.45, 2.75) is 19.4 Å². The molecule has 15 heavy (non-hydrogen) atoms. The molecule has 0 aromatic rings. The van der Waals surface area contributed by atoms with Crippen molar-refractivity contribution in [3.63, 3.8) is 0 Å². The van der Waals surface area contributed by atoms with Crippen LogP contribution in [-0.2, 0) is 4.79 Å². The SMILES string of the molecule is C=CCNC(=O)N1CCC(C(=O)O)C1C. The summed E-state index contributed by atoms with van der Waals surface area (Å²) in [6.07, 6.45) is 2.12. The minimum atomic E-state index is -0.832. The molecule has 1 heterocycles. The Hall–Kier alpha value is -1.52. The lowest BCUT2D eigenvalue weighted by molar-refractivity contribution is -0.142. The zero-order valence-corrected chi connectivity index (χ0v) is 8.77. The van der Waals surface area contributed by atoms with Crippen LogP contribution < -0.4 is 5.32 Å². The molecule has 0 aromatic carbocycles. The lowest BCUT2D eigenvalue weighted by atomic mass is 10.0. The molecule has 5 heteroatoms. The number of carboxylic acids is 1. The zero-order chi connectivity index (χ0) is 11.4. The molecule has 5 nitrogen and oxygen atoms in total. The smallest absolute Gasteiger partial charge is 0.317 e. The van der Waals surface area contributed by atoms with Gasteiger partial charge in [-0.05, 0) is 13.3 Å². The van der Waals surface area contributed by atoms with E-state index in [1.807, 2.05) is 0 Å². The number of carboxylic acid groups (broad SMARTS) is 1. The maximum absolute atomic E-state index is 11.6. The first kappa shape index (κ1) is 11.6. The molecule has 2 atom stereocenters. The second-order valence-corrected chi connectivity index (χ2v) is 3.64. The highest BCUT2D eigenvalue weighted by Crippen LogP contribution is 2.23. The number of hydrogen-bond donors (Lipinski definition) is 2. The number of aliphatic carboxylic acids is 1. The molecule has 1 aliphatic rings. The van der Waals surface area contributed by atoms with Crippen LogP contribution in [-0.4, -0.2) is 41.1 Å². The quantitative estimate of drug-likeness (QED) is 0.676. The molecule has 2 amide bonds. The van der Waals surface area contributed by atoms with E-state index in [0.717, 1.165) is 0 Å². The Balaban J connectivity index is 2.55. The van der Waals surface area contributed by atoms with Crippen molar-refractivity contribution in [2.75, 3.05) is 13.1 Å². The molecule has 0 spiro atoms. The first-order valence-corrected chi connectivity index (χ1v) is 4.96. The van der Waals surface area contributed by atoms with E-state index < -0.39 is 11.9 Å². The fraction of sp³-hybridized carbons (Fsp3) is 0.600. The van der Waals surface area contributed by atoms with Crippen molar-refractivity contribution in [1.29, 1.82) is 0 Å². The predicted molar refractivity (Wildman–Crippen MR) is 55.5 cm³/mol. The van der Waals surface area contributed by atoms with Crippen molar-refractivity contribution < 1.29 is 14.7 Å². The summed E-state index contributed by atoms with van der Waals surface area (Å²) >= 11 is 0. The topological polar surface area (TPSA) is 69.6 Å². The Bertz CT molecular complexity index is 278. The van der Waals surface area contributed by atoms with Gasteiger partial charge in [-0.2, -0.15) is 0 Å². The predicted octanol–water partition coefficient (Wildman–Crippen LogP) is 0.677. The van der Waals surface area contributed by atoms with Gasteiger partial charge in [0.25, 0.3) is 0 Å². The number of rotatable bonds is 3. The Kier molecular flexibility index (Phi) is 3.71. The molecule has 0 aromatic heterocycles. The average molecular weight is 212 g/mol. The molecule has 2 unspecified atom stereocenters. The normalized spacial score (nSPS) is 25.0. The van der Waals surface area contributed by atoms with Gasteiger partial charge in [0.2, 0.25) is 0 Å². The number of nitrogens with one attached hydrogen (secondary N) is 1. The number of nitrogens with zero attached hydrogens (tertiary/aromatic N) is 1. The molecule has 0 saturated carbocycles. The molecule has 0 radical (unpaired) electrons. The second-order valence-electron chi connectivity index (χ2n) is 3.64. The van der Waals surface area contributed by atoms with E-state index in [1.54, 1.807) is 17.9 Å². The summed E-state index contributed by atoms with van der Waals surface area (Å²) in [4.78, 5) is 23.9. The highest BCUT2D eigenvalue weighted by molar-refractivity contribution is 5.78. The summed E-state index contributed by atoms with van der Waals surface area (Å²) in [6.45, 7) is 6.16. The maximum atomic E-state index is 11.6. The van der Waals surface area contributed by atoms with Crippen LogP contribution in [0.2, 0.25) is 0 Å². The number of urea groups is 1. The van der Waals surface area contributed by atoms with Crippen molar-refractivity contribution in [3.8, 4) is 0 Å². The molecule has 2 N–H and O–H groups in total. The minimum Gasteiger partial charge on any atom is -0.481 e. The molecule has 1 aliphatic heterocycles. The van der Waals surface area contributed by atoms with Crippen LogP contribution in [0.5, 0.6) is 0 Å². The summed E-state index contributed by atoms with van der Waals surface area (Å²) in [5, 5.41) is 11.5. The Morgan fingerprint density at radius 3 is 2.80 bits per heavy atom. The van der Waals surface area contributed by atoms with Crippen LogP contribution in [0, 0.1) is 5.92 Å². The third-order valence-electron chi connectivity index (χ3n) is 2.73. The number of amides is 2. The lowest BCUT2D eigenvalue weighted by Gasteiger charge is -2.23. The maximum Gasteiger partial charge on any atom is 0.317 e. The van der Waals surface area contributed by atoms with Gasteiger partial charge in [-0.1, -0.05) is 6.08 Å². The molecule has 0 bridgehead atoms. The van der Waals surface area contributed by atoms with Crippen molar-refractivity contribution in [2.24, 2.45) is 5.92 Å². The van der Waals surface area contributed by atoms with Crippen LogP contribution in [0.15, 0.2) is 12.7 Å². The third-order valence-corrected chi connectivity index (χ3v) is 2.73. The first-order valence-electron chi connectivity index (χ1n) is 4.96. The Morgan fingerprint density at radius 2 is 2.33 bits per heavy atom. The molecular weight excluding hydrogens is 196 g/mol. The van der Waals surface area contributed by atoms with E-state index >= 15 is 0 Å². The Morgan fingerprint density at radius 1 is 1.67 bits per heavy atom. The zero-order valence-electron chi connectivity index (χ0n) is 8.77. The Labute approximate surface area is 88.8 Å². The van der Waals surface area contributed by atoms with Crippen molar-refractivity contribution >= 4 is 12.0 Å². The van der Waals surface area contributed by atoms with Crippen molar-refractivity contribution in [3.05, 3.63) is 12.7 Å². The van der Waals surface area contributed by atoms with Crippen LogP contribution in [0.1, 0.15) is 13.3 Å². The van der Waals surface area contributed by atoms with Crippen LogP contribution in [0.4, 0.5) is 4.79 Å². The van der Waals surface area contributed by atoms with Gasteiger partial charge in [-0.3, -0.25) is 4.79 Å². The molecule has 1 fully saturated rings. The van der Waals surface area contributed by atoms with E-state index in [0.29, 0.717) is 19.5 Å². The van der Waals surface area contributed by atoms with Crippen molar-refractivity contribution in [1.82, 2.24) is 10.2 Å². The first-order chi connectivity index (χ1) is 7.07. The molecule has 0 aliphatic carbocycles. The van der Waals surface area contributed by atoms with E-state index in [9.17, 15) is 9.59 Å². The minimum absolute atomic E-state index is 0.217.